The lowest BCUT2D eigenvalue weighted by molar-refractivity contribution is -0.133. The summed E-state index contributed by atoms with van der Waals surface area (Å²) in [6.45, 7) is 6.78. The van der Waals surface area contributed by atoms with E-state index < -0.39 is 5.41 Å². The molecule has 0 aromatic rings. The van der Waals surface area contributed by atoms with Gasteiger partial charge in [-0.05, 0) is 31.1 Å². The molecule has 3 saturated carbocycles. The molecule has 3 aliphatic carbocycles. The second-order valence-electron chi connectivity index (χ2n) is 7.55. The van der Waals surface area contributed by atoms with Crippen molar-refractivity contribution in [2.75, 3.05) is 13.7 Å². The molecule has 0 saturated heterocycles. The van der Waals surface area contributed by atoms with Gasteiger partial charge in [-0.25, -0.2) is 0 Å². The van der Waals surface area contributed by atoms with Crippen LogP contribution in [0, 0.1) is 28.6 Å². The maximum Gasteiger partial charge on any atom is 0.129 e. The average Bonchev–Trinajstić information content (AvgIpc) is 2.96. The van der Waals surface area contributed by atoms with Crippen LogP contribution >= 0.6 is 0 Å². The number of aliphatic hydroxyl groups is 1. The third kappa shape index (κ3) is 1.71. The van der Waals surface area contributed by atoms with Crippen LogP contribution in [-0.2, 0) is 9.53 Å². The Morgan fingerprint density at radius 2 is 2.05 bits per heavy atom. The minimum Gasteiger partial charge on any atom is -0.396 e. The predicted octanol–water partition coefficient (Wildman–Crippen LogP) is 2.97. The fourth-order valence-electron chi connectivity index (χ4n) is 5.96. The van der Waals surface area contributed by atoms with E-state index in [1.165, 1.54) is 37.7 Å². The van der Waals surface area contributed by atoms with Gasteiger partial charge < -0.3 is 14.6 Å². The summed E-state index contributed by atoms with van der Waals surface area (Å²) in [4.78, 5) is 12.2. The van der Waals surface area contributed by atoms with Crippen molar-refractivity contribution < 1.29 is 14.6 Å². The zero-order valence-electron chi connectivity index (χ0n) is 13.3. The summed E-state index contributed by atoms with van der Waals surface area (Å²) in [7, 11) is 1.70. The van der Waals surface area contributed by atoms with E-state index in [9.17, 15) is 9.90 Å². The Morgan fingerprint density at radius 1 is 1.38 bits per heavy atom. The molecule has 3 rings (SSSR count). The summed E-state index contributed by atoms with van der Waals surface area (Å²) in [6.07, 6.45) is 8.01. The molecule has 21 heavy (non-hydrogen) atoms. The number of methoxy groups -OCH3 is 1. The molecular weight excluding hydrogens is 264 g/mol. The Balaban J connectivity index is 2.05. The van der Waals surface area contributed by atoms with E-state index in [2.05, 4.69) is 13.5 Å². The molecule has 0 amide bonds. The summed E-state index contributed by atoms with van der Waals surface area (Å²) in [5.74, 6) is 0.799. The quantitative estimate of drug-likeness (QED) is 0.640. The smallest absolute Gasteiger partial charge is 0.129 e. The molecular formula is C18H28O3. The molecule has 0 aromatic carbocycles. The monoisotopic (exact) mass is 292 g/mol. The lowest BCUT2D eigenvalue weighted by Crippen LogP contribution is -2.49. The van der Waals surface area contributed by atoms with Crippen LogP contribution in [0.1, 0.15) is 45.4 Å². The normalized spacial score (nSPS) is 47.0. The van der Waals surface area contributed by atoms with Gasteiger partial charge in [0.1, 0.15) is 6.29 Å². The van der Waals surface area contributed by atoms with Gasteiger partial charge >= 0.3 is 0 Å². The summed E-state index contributed by atoms with van der Waals surface area (Å²) in [6, 6.07) is 0. The highest BCUT2D eigenvalue weighted by molar-refractivity contribution is 5.68. The molecule has 5 unspecified atom stereocenters. The SMILES string of the molecule is C=C1C2C(CO)CC(C=O)(C2OC)C1(C)C1CCCCC1. The van der Waals surface area contributed by atoms with Crippen LogP contribution in [0.4, 0.5) is 0 Å². The first-order valence-electron chi connectivity index (χ1n) is 8.36. The lowest BCUT2D eigenvalue weighted by atomic mass is 9.52. The molecule has 2 bridgehead atoms. The minimum atomic E-state index is -0.487. The Kier molecular flexibility index (Phi) is 3.77. The van der Waals surface area contributed by atoms with Gasteiger partial charge in [0.25, 0.3) is 0 Å². The zero-order chi connectivity index (χ0) is 15.3. The van der Waals surface area contributed by atoms with E-state index >= 15 is 0 Å². The summed E-state index contributed by atoms with van der Waals surface area (Å²) in [5.41, 5.74) is 0.518. The van der Waals surface area contributed by atoms with Gasteiger partial charge in [0.05, 0.1) is 11.5 Å². The number of carbonyl (C=O) groups is 1. The number of aldehydes is 1. The van der Waals surface area contributed by atoms with Gasteiger partial charge in [0.15, 0.2) is 0 Å². The van der Waals surface area contributed by atoms with Crippen molar-refractivity contribution >= 4 is 6.29 Å². The van der Waals surface area contributed by atoms with Crippen LogP contribution in [0.15, 0.2) is 12.2 Å². The van der Waals surface area contributed by atoms with Crippen LogP contribution in [0.3, 0.4) is 0 Å². The fourth-order valence-corrected chi connectivity index (χ4v) is 5.96. The standard InChI is InChI=1S/C18H28O3/c1-12-15-13(10-19)9-18(11-20,16(15)21-3)17(12,2)14-7-5-4-6-8-14/h11,13-16,19H,1,4-10H2,2-3H3. The van der Waals surface area contributed by atoms with Gasteiger partial charge in [0.2, 0.25) is 0 Å². The van der Waals surface area contributed by atoms with Gasteiger partial charge in [-0.15, -0.1) is 0 Å². The van der Waals surface area contributed by atoms with E-state index in [0.717, 1.165) is 12.7 Å². The second kappa shape index (κ2) is 5.20. The van der Waals surface area contributed by atoms with Crippen molar-refractivity contribution in [3.63, 3.8) is 0 Å². The topological polar surface area (TPSA) is 46.5 Å². The number of aliphatic hydroxyl groups excluding tert-OH is 1. The molecule has 0 spiro atoms. The highest BCUT2D eigenvalue weighted by Crippen LogP contribution is 2.71. The van der Waals surface area contributed by atoms with Crippen molar-refractivity contribution in [3.05, 3.63) is 12.2 Å². The third-order valence-corrected chi connectivity index (χ3v) is 7.10. The van der Waals surface area contributed by atoms with Crippen molar-refractivity contribution in [2.24, 2.45) is 28.6 Å². The van der Waals surface area contributed by atoms with Gasteiger partial charge in [-0.3, -0.25) is 0 Å². The number of fused-ring (bicyclic) bond motifs is 2. The fraction of sp³-hybridized carbons (Fsp3) is 0.833. The van der Waals surface area contributed by atoms with Crippen LogP contribution in [0.25, 0.3) is 0 Å². The predicted molar refractivity (Wildman–Crippen MR) is 81.8 cm³/mol. The van der Waals surface area contributed by atoms with Crippen molar-refractivity contribution in [2.45, 2.75) is 51.6 Å². The van der Waals surface area contributed by atoms with Gasteiger partial charge in [0, 0.05) is 25.0 Å². The molecule has 3 heteroatoms. The van der Waals surface area contributed by atoms with E-state index in [1.807, 2.05) is 0 Å². The summed E-state index contributed by atoms with van der Waals surface area (Å²) in [5, 5.41) is 9.70. The van der Waals surface area contributed by atoms with E-state index in [4.69, 9.17) is 4.74 Å². The van der Waals surface area contributed by atoms with Crippen molar-refractivity contribution in [1.29, 1.82) is 0 Å². The summed E-state index contributed by atoms with van der Waals surface area (Å²) >= 11 is 0. The van der Waals surface area contributed by atoms with E-state index in [1.54, 1.807) is 7.11 Å². The Morgan fingerprint density at radius 3 is 2.57 bits per heavy atom. The molecule has 118 valence electrons. The molecule has 0 heterocycles. The number of hydrogen-bond acceptors (Lipinski definition) is 3. The Hall–Kier alpha value is -0.670. The summed E-state index contributed by atoms with van der Waals surface area (Å²) < 4.78 is 5.78. The molecule has 1 N–H and O–H groups in total. The molecule has 3 nitrogen and oxygen atoms in total. The molecule has 0 aliphatic heterocycles. The van der Waals surface area contributed by atoms with Crippen molar-refractivity contribution in [1.82, 2.24) is 0 Å². The number of ether oxygens (including phenoxy) is 1. The molecule has 5 atom stereocenters. The molecule has 0 radical (unpaired) electrons. The first-order valence-corrected chi connectivity index (χ1v) is 8.36. The van der Waals surface area contributed by atoms with Crippen LogP contribution in [-0.4, -0.2) is 31.2 Å². The third-order valence-electron chi connectivity index (χ3n) is 7.10. The average molecular weight is 292 g/mol. The second-order valence-corrected chi connectivity index (χ2v) is 7.55. The van der Waals surface area contributed by atoms with E-state index in [-0.39, 0.29) is 30.0 Å². The lowest BCUT2D eigenvalue weighted by Gasteiger charge is -2.50. The Labute approximate surface area is 127 Å². The maximum atomic E-state index is 12.2. The maximum absolute atomic E-state index is 12.2. The molecule has 3 fully saturated rings. The molecule has 3 aliphatic rings. The first-order chi connectivity index (χ1) is 10.1. The van der Waals surface area contributed by atoms with Crippen LogP contribution < -0.4 is 0 Å². The van der Waals surface area contributed by atoms with Crippen LogP contribution in [0.5, 0.6) is 0 Å². The van der Waals surface area contributed by atoms with Crippen LogP contribution in [0.2, 0.25) is 0 Å². The Bertz CT molecular complexity index is 440. The zero-order valence-corrected chi connectivity index (χ0v) is 13.3. The number of rotatable bonds is 4. The van der Waals surface area contributed by atoms with Crippen molar-refractivity contribution in [3.8, 4) is 0 Å². The highest BCUT2D eigenvalue weighted by atomic mass is 16.5. The van der Waals surface area contributed by atoms with E-state index in [0.29, 0.717) is 5.92 Å². The number of hydrogen-bond donors (Lipinski definition) is 1. The molecule has 0 aromatic heterocycles. The number of carbonyl (C=O) groups excluding carboxylic acids is 1. The van der Waals surface area contributed by atoms with Gasteiger partial charge in [-0.1, -0.05) is 38.3 Å². The van der Waals surface area contributed by atoms with Gasteiger partial charge in [-0.2, -0.15) is 0 Å². The first kappa shape index (κ1) is 15.2. The minimum absolute atomic E-state index is 0.105. The highest BCUT2D eigenvalue weighted by Gasteiger charge is 2.72. The largest absolute Gasteiger partial charge is 0.396 e.